The molecule has 1 aliphatic heterocycles. The van der Waals surface area contributed by atoms with Crippen molar-refractivity contribution >= 4 is 5.91 Å². The van der Waals surface area contributed by atoms with Crippen molar-refractivity contribution in [2.75, 3.05) is 39.3 Å². The number of nitrogens with zero attached hydrogens (tertiary/aromatic N) is 2. The molecule has 1 aromatic heterocycles. The van der Waals surface area contributed by atoms with Crippen LogP contribution in [-0.2, 0) is 0 Å². The number of piperazine rings is 1. The van der Waals surface area contributed by atoms with E-state index in [4.69, 9.17) is 0 Å². The molecule has 1 saturated heterocycles. The Bertz CT molecular complexity index is 349. The molecule has 1 amide bonds. The summed E-state index contributed by atoms with van der Waals surface area (Å²) in [5.74, 6) is -0.0254. The molecule has 2 rings (SSSR count). The summed E-state index contributed by atoms with van der Waals surface area (Å²) < 4.78 is 0. The van der Waals surface area contributed by atoms with Crippen molar-refractivity contribution in [2.45, 2.75) is 0 Å². The van der Waals surface area contributed by atoms with E-state index < -0.39 is 0 Å². The molecule has 5 nitrogen and oxygen atoms in total. The van der Waals surface area contributed by atoms with Crippen LogP contribution in [0.1, 0.15) is 10.4 Å². The van der Waals surface area contributed by atoms with Crippen LogP contribution in [0.15, 0.2) is 24.5 Å². The molecule has 2 heterocycles. The van der Waals surface area contributed by atoms with Crippen LogP contribution in [-0.4, -0.2) is 55.1 Å². The minimum Gasteiger partial charge on any atom is -0.351 e. The van der Waals surface area contributed by atoms with E-state index in [2.05, 4.69) is 20.5 Å². The van der Waals surface area contributed by atoms with Crippen molar-refractivity contribution in [1.82, 2.24) is 20.5 Å². The lowest BCUT2D eigenvalue weighted by molar-refractivity contribution is 0.0947. The van der Waals surface area contributed by atoms with Crippen LogP contribution >= 0.6 is 0 Å². The van der Waals surface area contributed by atoms with E-state index in [9.17, 15) is 4.79 Å². The monoisotopic (exact) mass is 234 g/mol. The first kappa shape index (κ1) is 12.0. The molecule has 1 aliphatic rings. The van der Waals surface area contributed by atoms with Crippen LogP contribution in [0.5, 0.6) is 0 Å². The Balaban J connectivity index is 1.69. The third-order valence-corrected chi connectivity index (χ3v) is 2.87. The van der Waals surface area contributed by atoms with Crippen LogP contribution in [0, 0.1) is 0 Å². The van der Waals surface area contributed by atoms with Crippen LogP contribution in [0.2, 0.25) is 0 Å². The maximum absolute atomic E-state index is 11.7. The lowest BCUT2D eigenvalue weighted by Crippen LogP contribution is -2.46. The predicted octanol–water partition coefficient (Wildman–Crippen LogP) is -0.283. The van der Waals surface area contributed by atoms with Crippen molar-refractivity contribution < 1.29 is 4.79 Å². The number of rotatable bonds is 4. The molecule has 0 atom stereocenters. The number of hydrogen-bond donors (Lipinski definition) is 2. The molecule has 5 heteroatoms. The number of nitrogens with one attached hydrogen (secondary N) is 2. The van der Waals surface area contributed by atoms with Gasteiger partial charge in [-0.05, 0) is 12.1 Å². The van der Waals surface area contributed by atoms with Crippen molar-refractivity contribution in [2.24, 2.45) is 0 Å². The van der Waals surface area contributed by atoms with Crippen LogP contribution in [0.3, 0.4) is 0 Å². The van der Waals surface area contributed by atoms with Gasteiger partial charge in [-0.15, -0.1) is 0 Å². The lowest BCUT2D eigenvalue weighted by Gasteiger charge is -2.27. The molecule has 0 bridgehead atoms. The highest BCUT2D eigenvalue weighted by molar-refractivity contribution is 5.93. The van der Waals surface area contributed by atoms with Gasteiger partial charge in [0.25, 0.3) is 5.91 Å². The van der Waals surface area contributed by atoms with Crippen molar-refractivity contribution in [1.29, 1.82) is 0 Å². The molecule has 92 valence electrons. The van der Waals surface area contributed by atoms with E-state index in [0.717, 1.165) is 32.7 Å². The fraction of sp³-hybridized carbons (Fsp3) is 0.500. The minimum absolute atomic E-state index is 0.0254. The first-order valence-corrected chi connectivity index (χ1v) is 5.97. The molecule has 17 heavy (non-hydrogen) atoms. The summed E-state index contributed by atoms with van der Waals surface area (Å²) in [5, 5.41) is 6.22. The number of carbonyl (C=O) groups excluding carboxylic acids is 1. The maximum Gasteiger partial charge on any atom is 0.251 e. The highest BCUT2D eigenvalue weighted by Crippen LogP contribution is 1.95. The van der Waals surface area contributed by atoms with Gasteiger partial charge in [-0.3, -0.25) is 14.7 Å². The zero-order valence-corrected chi connectivity index (χ0v) is 9.85. The van der Waals surface area contributed by atoms with Gasteiger partial charge in [-0.1, -0.05) is 0 Å². The summed E-state index contributed by atoms with van der Waals surface area (Å²) in [5.41, 5.74) is 0.667. The first-order chi connectivity index (χ1) is 8.36. The van der Waals surface area contributed by atoms with Gasteiger partial charge >= 0.3 is 0 Å². The van der Waals surface area contributed by atoms with Crippen LogP contribution in [0.25, 0.3) is 0 Å². The molecule has 0 spiro atoms. The third kappa shape index (κ3) is 3.80. The lowest BCUT2D eigenvalue weighted by atomic mass is 10.2. The molecule has 0 aliphatic carbocycles. The summed E-state index contributed by atoms with van der Waals surface area (Å²) in [6, 6.07) is 3.44. The first-order valence-electron chi connectivity index (χ1n) is 5.97. The SMILES string of the molecule is O=C(NCCN1CCNCC1)c1ccncc1. The highest BCUT2D eigenvalue weighted by Gasteiger charge is 2.09. The normalized spacial score (nSPS) is 16.7. The van der Waals surface area contributed by atoms with E-state index in [1.165, 1.54) is 0 Å². The highest BCUT2D eigenvalue weighted by atomic mass is 16.1. The van der Waals surface area contributed by atoms with Crippen molar-refractivity contribution in [3.8, 4) is 0 Å². The number of pyridine rings is 1. The van der Waals surface area contributed by atoms with E-state index in [-0.39, 0.29) is 5.91 Å². The number of carbonyl (C=O) groups is 1. The second kappa shape index (κ2) is 6.32. The average Bonchev–Trinajstić information content (AvgIpc) is 2.41. The molecule has 0 unspecified atom stereocenters. The Labute approximate surface area is 101 Å². The van der Waals surface area contributed by atoms with E-state index in [0.29, 0.717) is 12.1 Å². The summed E-state index contributed by atoms with van der Waals surface area (Å²) in [6.45, 7) is 5.81. The fourth-order valence-electron chi connectivity index (χ4n) is 1.87. The third-order valence-electron chi connectivity index (χ3n) is 2.87. The smallest absolute Gasteiger partial charge is 0.251 e. The van der Waals surface area contributed by atoms with Crippen molar-refractivity contribution in [3.63, 3.8) is 0 Å². The zero-order valence-electron chi connectivity index (χ0n) is 9.85. The van der Waals surface area contributed by atoms with Crippen LogP contribution < -0.4 is 10.6 Å². The zero-order chi connectivity index (χ0) is 11.9. The van der Waals surface area contributed by atoms with E-state index >= 15 is 0 Å². The standard InChI is InChI=1S/C12H18N4O/c17-12(11-1-3-13-4-2-11)15-7-10-16-8-5-14-6-9-16/h1-4,14H,5-10H2,(H,15,17). The Morgan fingerprint density at radius 3 is 2.76 bits per heavy atom. The number of aromatic nitrogens is 1. The summed E-state index contributed by atoms with van der Waals surface area (Å²) >= 11 is 0. The topological polar surface area (TPSA) is 57.3 Å². The molecular weight excluding hydrogens is 216 g/mol. The minimum atomic E-state index is -0.0254. The van der Waals surface area contributed by atoms with E-state index in [1.54, 1.807) is 24.5 Å². The summed E-state index contributed by atoms with van der Waals surface area (Å²) in [4.78, 5) is 18.0. The van der Waals surface area contributed by atoms with Crippen LogP contribution in [0.4, 0.5) is 0 Å². The summed E-state index contributed by atoms with van der Waals surface area (Å²) in [7, 11) is 0. The molecule has 0 aromatic carbocycles. The molecule has 0 saturated carbocycles. The Morgan fingerprint density at radius 2 is 2.06 bits per heavy atom. The summed E-state index contributed by atoms with van der Waals surface area (Å²) in [6.07, 6.45) is 3.26. The van der Waals surface area contributed by atoms with Crippen molar-refractivity contribution in [3.05, 3.63) is 30.1 Å². The van der Waals surface area contributed by atoms with Gasteiger partial charge in [0.05, 0.1) is 0 Å². The van der Waals surface area contributed by atoms with Gasteiger partial charge in [0.1, 0.15) is 0 Å². The molecule has 2 N–H and O–H groups in total. The quantitative estimate of drug-likeness (QED) is 0.752. The van der Waals surface area contributed by atoms with Gasteiger partial charge in [0.2, 0.25) is 0 Å². The second-order valence-electron chi connectivity index (χ2n) is 4.08. The number of amides is 1. The molecule has 0 radical (unpaired) electrons. The Kier molecular flexibility index (Phi) is 4.46. The maximum atomic E-state index is 11.7. The Morgan fingerprint density at radius 1 is 1.35 bits per heavy atom. The fourth-order valence-corrected chi connectivity index (χ4v) is 1.87. The van der Waals surface area contributed by atoms with Gasteiger partial charge in [-0.25, -0.2) is 0 Å². The molecule has 1 aromatic rings. The van der Waals surface area contributed by atoms with Gasteiger partial charge < -0.3 is 10.6 Å². The molecule has 1 fully saturated rings. The van der Waals surface area contributed by atoms with Gasteiger partial charge in [0, 0.05) is 57.2 Å². The average molecular weight is 234 g/mol. The van der Waals surface area contributed by atoms with E-state index in [1.807, 2.05) is 0 Å². The predicted molar refractivity (Wildman–Crippen MR) is 65.9 cm³/mol. The molecular formula is C12H18N4O. The van der Waals surface area contributed by atoms with Gasteiger partial charge in [-0.2, -0.15) is 0 Å². The second-order valence-corrected chi connectivity index (χ2v) is 4.08. The largest absolute Gasteiger partial charge is 0.351 e. The number of hydrogen-bond acceptors (Lipinski definition) is 4. The Hall–Kier alpha value is -1.46. The van der Waals surface area contributed by atoms with Gasteiger partial charge in [0.15, 0.2) is 0 Å².